The lowest BCUT2D eigenvalue weighted by Gasteiger charge is -2.08. The number of carbonyl (C=O) groups is 1. The Morgan fingerprint density at radius 3 is 2.74 bits per heavy atom. The van der Waals surface area contributed by atoms with Gasteiger partial charge in [-0.1, -0.05) is 6.07 Å². The minimum atomic E-state index is -3.62. The molecule has 3 rings (SSSR count). The lowest BCUT2D eigenvalue weighted by molar-refractivity contribution is -0.147. The first-order valence-electron chi connectivity index (χ1n) is 7.03. The zero-order valence-corrected chi connectivity index (χ0v) is 13.4. The number of carbonyl (C=O) groups excluding carboxylic acids is 1. The van der Waals surface area contributed by atoms with Crippen molar-refractivity contribution in [1.82, 2.24) is 0 Å². The average Bonchev–Trinajstić information content (AvgIpc) is 3.00. The van der Waals surface area contributed by atoms with Crippen molar-refractivity contribution >= 4 is 15.8 Å². The van der Waals surface area contributed by atoms with E-state index in [1.54, 1.807) is 25.1 Å². The molecule has 0 N–H and O–H groups in total. The Morgan fingerprint density at radius 2 is 2.13 bits per heavy atom. The summed E-state index contributed by atoms with van der Waals surface area (Å²) in [5.74, 6) is -0.571. The van der Waals surface area contributed by atoms with Crippen LogP contribution in [0.5, 0.6) is 11.5 Å². The third-order valence-corrected chi connectivity index (χ3v) is 5.71. The second-order valence-electron chi connectivity index (χ2n) is 5.54. The van der Waals surface area contributed by atoms with Gasteiger partial charge in [-0.25, -0.2) is 8.42 Å². The monoisotopic (exact) mass is 337 g/mol. The fourth-order valence-electron chi connectivity index (χ4n) is 3.16. The van der Waals surface area contributed by atoms with Crippen molar-refractivity contribution < 1.29 is 27.4 Å². The zero-order chi connectivity index (χ0) is 16.8. The van der Waals surface area contributed by atoms with E-state index in [1.807, 2.05) is 6.07 Å². The molecule has 1 saturated carbocycles. The van der Waals surface area contributed by atoms with Crippen LogP contribution in [-0.4, -0.2) is 39.3 Å². The maximum Gasteiger partial charge on any atom is 0.328 e. The quantitative estimate of drug-likeness (QED) is 0.755. The highest BCUT2D eigenvalue weighted by atomic mass is 32.2. The van der Waals surface area contributed by atoms with E-state index in [2.05, 4.69) is 0 Å². The van der Waals surface area contributed by atoms with Crippen LogP contribution in [-0.2, 0) is 19.4 Å². The van der Waals surface area contributed by atoms with Crippen LogP contribution >= 0.6 is 0 Å². The highest BCUT2D eigenvalue weighted by molar-refractivity contribution is 7.91. The van der Waals surface area contributed by atoms with Crippen LogP contribution < -0.4 is 9.47 Å². The molecule has 3 atom stereocenters. The van der Waals surface area contributed by atoms with Crippen molar-refractivity contribution in [2.45, 2.75) is 18.1 Å². The van der Waals surface area contributed by atoms with E-state index in [4.69, 9.17) is 14.2 Å². The van der Waals surface area contributed by atoms with E-state index in [-0.39, 0.29) is 13.4 Å². The third-order valence-electron chi connectivity index (χ3n) is 4.15. The summed E-state index contributed by atoms with van der Waals surface area (Å²) in [4.78, 5) is 12.3. The number of nitrogens with zero attached hydrogens (tertiary/aromatic N) is 1. The third kappa shape index (κ3) is 2.23. The number of esters is 1. The smallest absolute Gasteiger partial charge is 0.328 e. The molecule has 0 bridgehead atoms. The number of rotatable bonds is 4. The molecule has 0 radical (unpaired) electrons. The number of fused-ring (bicyclic) bond motifs is 1. The van der Waals surface area contributed by atoms with E-state index >= 15 is 0 Å². The molecule has 1 fully saturated rings. The molecule has 8 heteroatoms. The fourth-order valence-corrected chi connectivity index (χ4v) is 4.92. The van der Waals surface area contributed by atoms with Crippen LogP contribution in [0, 0.1) is 16.7 Å². The van der Waals surface area contributed by atoms with E-state index in [9.17, 15) is 18.5 Å². The predicted molar refractivity (Wildman–Crippen MR) is 78.6 cm³/mol. The van der Waals surface area contributed by atoms with Gasteiger partial charge in [-0.3, -0.25) is 4.79 Å². The molecule has 1 aromatic rings. The Kier molecular flexibility index (Phi) is 3.48. The highest BCUT2D eigenvalue weighted by Crippen LogP contribution is 2.63. The van der Waals surface area contributed by atoms with Crippen molar-refractivity contribution in [2.24, 2.45) is 5.41 Å². The molecule has 23 heavy (non-hydrogen) atoms. The Labute approximate surface area is 133 Å². The molecule has 0 aromatic heterocycles. The van der Waals surface area contributed by atoms with E-state index in [0.29, 0.717) is 17.1 Å². The van der Waals surface area contributed by atoms with Crippen molar-refractivity contribution in [1.29, 1.82) is 5.26 Å². The lowest BCUT2D eigenvalue weighted by atomic mass is 10.0. The SMILES string of the molecule is CCOC(=O)[C@]1(C#N)[C@H](c2ccc3c(c2)OCO3)[C@H]1S(C)(=O)=O. The predicted octanol–water partition coefficient (Wildman–Crippen LogP) is 0.999. The van der Waals surface area contributed by atoms with Gasteiger partial charge in [0.25, 0.3) is 0 Å². The summed E-state index contributed by atoms with van der Waals surface area (Å²) < 4.78 is 39.6. The number of sulfone groups is 1. The van der Waals surface area contributed by atoms with Crippen molar-refractivity contribution in [3.8, 4) is 17.6 Å². The van der Waals surface area contributed by atoms with Crippen LogP contribution in [0.1, 0.15) is 18.4 Å². The number of benzene rings is 1. The summed E-state index contributed by atoms with van der Waals surface area (Å²) in [5, 5.41) is 8.42. The van der Waals surface area contributed by atoms with Gasteiger partial charge in [0.15, 0.2) is 26.8 Å². The Bertz CT molecular complexity index is 812. The molecule has 0 amide bonds. The molecule has 1 aliphatic heterocycles. The summed E-state index contributed by atoms with van der Waals surface area (Å²) in [7, 11) is -3.62. The van der Waals surface area contributed by atoms with Crippen LogP contribution in [0.4, 0.5) is 0 Å². The molecule has 122 valence electrons. The van der Waals surface area contributed by atoms with Gasteiger partial charge in [0.1, 0.15) is 5.25 Å². The van der Waals surface area contributed by atoms with Gasteiger partial charge in [0.2, 0.25) is 6.79 Å². The number of hydrogen-bond acceptors (Lipinski definition) is 7. The van der Waals surface area contributed by atoms with Gasteiger partial charge in [-0.2, -0.15) is 5.26 Å². The summed E-state index contributed by atoms with van der Waals surface area (Å²) in [6.07, 6.45) is 1.02. The van der Waals surface area contributed by atoms with E-state index < -0.39 is 32.4 Å². The molecule has 2 aliphatic rings. The molecule has 1 aliphatic carbocycles. The number of hydrogen-bond donors (Lipinski definition) is 0. The Balaban J connectivity index is 2.06. The number of nitriles is 1. The average molecular weight is 337 g/mol. The largest absolute Gasteiger partial charge is 0.465 e. The molecule has 0 saturated heterocycles. The summed E-state index contributed by atoms with van der Waals surface area (Å²) in [6.45, 7) is 1.77. The first-order valence-corrected chi connectivity index (χ1v) is 8.98. The maximum absolute atomic E-state index is 12.3. The molecule has 0 unspecified atom stereocenters. The molecular formula is C15H15NO6S. The van der Waals surface area contributed by atoms with Crippen LogP contribution in [0.15, 0.2) is 18.2 Å². The zero-order valence-electron chi connectivity index (χ0n) is 12.6. The summed E-state index contributed by atoms with van der Waals surface area (Å²) in [5.41, 5.74) is -1.17. The minimum Gasteiger partial charge on any atom is -0.465 e. The van der Waals surface area contributed by atoms with Gasteiger partial charge in [0.05, 0.1) is 12.7 Å². The van der Waals surface area contributed by atoms with Gasteiger partial charge in [-0.15, -0.1) is 0 Å². The Hall–Kier alpha value is -2.27. The van der Waals surface area contributed by atoms with Gasteiger partial charge in [-0.05, 0) is 24.6 Å². The van der Waals surface area contributed by atoms with Crippen molar-refractivity contribution in [2.75, 3.05) is 19.7 Å². The first-order chi connectivity index (χ1) is 10.9. The second kappa shape index (κ2) is 5.13. The second-order valence-corrected chi connectivity index (χ2v) is 7.71. The van der Waals surface area contributed by atoms with Crippen LogP contribution in [0.2, 0.25) is 0 Å². The standard InChI is InChI=1S/C15H15NO6S/c1-3-20-14(17)15(7-16)12(13(15)23(2,18)19)9-4-5-10-11(6-9)22-8-21-10/h4-6,12-13H,3,8H2,1-2H3/t12-,13-,15-/m1/s1. The molecular weight excluding hydrogens is 322 g/mol. The molecule has 0 spiro atoms. The van der Waals surface area contributed by atoms with Gasteiger partial charge < -0.3 is 14.2 Å². The molecule has 1 aromatic carbocycles. The first kappa shape index (κ1) is 15.6. The van der Waals surface area contributed by atoms with Crippen LogP contribution in [0.25, 0.3) is 0 Å². The summed E-state index contributed by atoms with van der Waals surface area (Å²) >= 11 is 0. The molecule has 7 nitrogen and oxygen atoms in total. The lowest BCUT2D eigenvalue weighted by Crippen LogP contribution is -2.24. The van der Waals surface area contributed by atoms with E-state index in [1.165, 1.54) is 0 Å². The normalized spacial score (nSPS) is 28.0. The maximum atomic E-state index is 12.3. The summed E-state index contributed by atoms with van der Waals surface area (Å²) in [6, 6.07) is 6.79. The molecule has 1 heterocycles. The van der Waals surface area contributed by atoms with Gasteiger partial charge >= 0.3 is 5.97 Å². The highest BCUT2D eigenvalue weighted by Gasteiger charge is 2.76. The Morgan fingerprint density at radius 1 is 1.43 bits per heavy atom. The minimum absolute atomic E-state index is 0.0760. The van der Waals surface area contributed by atoms with Crippen molar-refractivity contribution in [3.05, 3.63) is 23.8 Å². The number of ether oxygens (including phenoxy) is 3. The van der Waals surface area contributed by atoms with Gasteiger partial charge in [0, 0.05) is 12.2 Å². The van der Waals surface area contributed by atoms with Crippen molar-refractivity contribution in [3.63, 3.8) is 0 Å². The van der Waals surface area contributed by atoms with E-state index in [0.717, 1.165) is 6.26 Å². The fraction of sp³-hybridized carbons (Fsp3) is 0.467. The van der Waals surface area contributed by atoms with Crippen LogP contribution in [0.3, 0.4) is 0 Å². The topological polar surface area (TPSA) is 103 Å².